The van der Waals surface area contributed by atoms with Crippen LogP contribution in [0.5, 0.6) is 0 Å². The van der Waals surface area contributed by atoms with Crippen molar-refractivity contribution in [1.82, 2.24) is 0 Å². The van der Waals surface area contributed by atoms with Gasteiger partial charge >= 0.3 is 5.97 Å². The van der Waals surface area contributed by atoms with Crippen LogP contribution in [0.4, 0.5) is 0 Å². The first kappa shape index (κ1) is 16.3. The lowest BCUT2D eigenvalue weighted by molar-refractivity contribution is -0.141. The Morgan fingerprint density at radius 2 is 1.65 bits per heavy atom. The van der Waals surface area contributed by atoms with E-state index in [1.165, 1.54) is 6.08 Å². The molecule has 1 aliphatic heterocycles. The summed E-state index contributed by atoms with van der Waals surface area (Å²) in [6.07, 6.45) is 1.38. The van der Waals surface area contributed by atoms with Gasteiger partial charge in [-0.3, -0.25) is 0 Å². The third-order valence-electron chi connectivity index (χ3n) is 3.49. The smallest absolute Gasteiger partial charge is 0.336 e. The first-order valence-corrected chi connectivity index (χ1v) is 8.80. The van der Waals surface area contributed by atoms with Crippen LogP contribution in [0.1, 0.15) is 16.0 Å². The van der Waals surface area contributed by atoms with E-state index in [9.17, 15) is 4.79 Å². The molecule has 5 heteroatoms. The molecule has 0 saturated carbocycles. The van der Waals surface area contributed by atoms with Crippen molar-refractivity contribution in [1.29, 1.82) is 0 Å². The van der Waals surface area contributed by atoms with Crippen LogP contribution in [-0.4, -0.2) is 10.5 Å². The van der Waals surface area contributed by atoms with Gasteiger partial charge in [0.25, 0.3) is 0 Å². The highest BCUT2D eigenvalue weighted by Gasteiger charge is 2.49. The van der Waals surface area contributed by atoms with Crippen molar-refractivity contribution in [2.45, 2.75) is 15.9 Å². The molecule has 2 aromatic rings. The van der Waals surface area contributed by atoms with Gasteiger partial charge in [-0.25, -0.2) is 4.79 Å². The van der Waals surface area contributed by atoms with Gasteiger partial charge in [-0.2, -0.15) is 0 Å². The molecule has 1 heterocycles. The molecule has 2 aromatic carbocycles. The normalized spacial score (nSPS) is 21.5. The molecular weight excluding hydrogens is 424 g/mol. The van der Waals surface area contributed by atoms with Crippen molar-refractivity contribution >= 4 is 37.8 Å². The number of hydrogen-bond acceptors (Lipinski definition) is 3. The molecule has 0 amide bonds. The van der Waals surface area contributed by atoms with Crippen molar-refractivity contribution in [3.8, 4) is 0 Å². The van der Waals surface area contributed by atoms with Gasteiger partial charge in [-0.05, 0) is 27.1 Å². The maximum atomic E-state index is 11.8. The predicted molar refractivity (Wildman–Crippen MR) is 95.2 cm³/mol. The Morgan fingerprint density at radius 3 is 2.30 bits per heavy atom. The molecule has 0 bridgehead atoms. The Morgan fingerprint density at radius 1 is 1.04 bits per heavy atom. The van der Waals surface area contributed by atoms with Crippen LogP contribution in [0.15, 0.2) is 72.5 Å². The van der Waals surface area contributed by atoms with E-state index in [2.05, 4.69) is 31.9 Å². The second-order valence-corrected chi connectivity index (χ2v) is 7.22. The van der Waals surface area contributed by atoms with Gasteiger partial charge in [0, 0.05) is 0 Å². The molecule has 0 saturated heterocycles. The summed E-state index contributed by atoms with van der Waals surface area (Å²) in [6, 6.07) is 19.5. The van der Waals surface area contributed by atoms with Gasteiger partial charge in [-0.15, -0.1) is 0 Å². The van der Waals surface area contributed by atoms with Crippen LogP contribution in [0, 0.1) is 0 Å². The number of rotatable bonds is 5. The topological polar surface area (TPSA) is 35.5 Å². The minimum absolute atomic E-state index is 0.273. The second kappa shape index (κ2) is 6.89. The molecule has 3 nitrogen and oxygen atoms in total. The largest absolute Gasteiger partial charge is 0.488 e. The van der Waals surface area contributed by atoms with E-state index < -0.39 is 10.5 Å². The lowest BCUT2D eigenvalue weighted by atomic mass is 10.1. The fourth-order valence-corrected chi connectivity index (χ4v) is 3.60. The molecule has 3 rings (SSSR count). The van der Waals surface area contributed by atoms with Gasteiger partial charge in [0.2, 0.25) is 4.51 Å². The van der Waals surface area contributed by atoms with Crippen LogP contribution in [0.3, 0.4) is 0 Å². The average molecular weight is 438 g/mol. The van der Waals surface area contributed by atoms with Crippen LogP contribution >= 0.6 is 31.9 Å². The Bertz CT molecular complexity index is 716. The van der Waals surface area contributed by atoms with E-state index >= 15 is 0 Å². The van der Waals surface area contributed by atoms with Gasteiger partial charge in [0.1, 0.15) is 6.61 Å². The van der Waals surface area contributed by atoms with Gasteiger partial charge in [0.05, 0.1) is 10.9 Å². The van der Waals surface area contributed by atoms with Crippen LogP contribution in [0.25, 0.3) is 0 Å². The summed E-state index contributed by atoms with van der Waals surface area (Å²) in [5.74, 6) is 0.0300. The maximum Gasteiger partial charge on any atom is 0.336 e. The van der Waals surface area contributed by atoms with E-state index in [4.69, 9.17) is 9.47 Å². The Balaban J connectivity index is 1.80. The van der Waals surface area contributed by atoms with E-state index in [0.29, 0.717) is 12.4 Å². The second-order valence-electron chi connectivity index (χ2n) is 5.12. The highest BCUT2D eigenvalue weighted by molar-refractivity contribution is 9.12. The molecule has 2 atom stereocenters. The quantitative estimate of drug-likeness (QED) is 0.494. The summed E-state index contributed by atoms with van der Waals surface area (Å²) in [5.41, 5.74) is 2.00. The lowest BCUT2D eigenvalue weighted by Crippen LogP contribution is -2.30. The molecule has 0 aromatic heterocycles. The molecule has 118 valence electrons. The van der Waals surface area contributed by atoms with Crippen LogP contribution < -0.4 is 0 Å². The minimum atomic E-state index is -1.06. The highest BCUT2D eigenvalue weighted by atomic mass is 79.9. The molecule has 0 aliphatic carbocycles. The number of halogens is 2. The van der Waals surface area contributed by atoms with E-state index in [0.717, 1.165) is 11.1 Å². The van der Waals surface area contributed by atoms with Crippen molar-refractivity contribution in [3.05, 3.63) is 83.6 Å². The lowest BCUT2D eigenvalue weighted by Gasteiger charge is -2.29. The number of benzene rings is 2. The molecule has 0 radical (unpaired) electrons. The monoisotopic (exact) mass is 436 g/mol. The van der Waals surface area contributed by atoms with Gasteiger partial charge in [-0.1, -0.05) is 76.6 Å². The first-order chi connectivity index (χ1) is 11.1. The van der Waals surface area contributed by atoms with E-state index in [1.807, 2.05) is 60.7 Å². The molecule has 0 spiro atoms. The minimum Gasteiger partial charge on any atom is -0.488 e. The average Bonchev–Trinajstić information content (AvgIpc) is 2.89. The number of ether oxygens (including phenoxy) is 2. The molecular formula is C18H14Br2O3. The summed E-state index contributed by atoms with van der Waals surface area (Å²) in [5, 5.41) is 0. The zero-order valence-electron chi connectivity index (χ0n) is 12.1. The van der Waals surface area contributed by atoms with Crippen LogP contribution in [-0.2, 0) is 20.9 Å². The molecule has 0 fully saturated rings. The fourth-order valence-electron chi connectivity index (χ4n) is 2.32. The van der Waals surface area contributed by atoms with Crippen molar-refractivity contribution < 1.29 is 14.3 Å². The van der Waals surface area contributed by atoms with Gasteiger partial charge in [0.15, 0.2) is 5.76 Å². The summed E-state index contributed by atoms with van der Waals surface area (Å²) in [4.78, 5) is 11.5. The molecule has 1 aliphatic rings. The number of carbonyl (C=O) groups is 1. The molecule has 0 N–H and O–H groups in total. The maximum absolute atomic E-state index is 11.8. The standard InChI is InChI=1S/C18H14Br2O3/c19-17(14-9-5-2-6-10-14)18(20)15(11-16(21)23-18)22-12-13-7-3-1-4-8-13/h1-11,17H,12H2. The summed E-state index contributed by atoms with van der Waals surface area (Å²) < 4.78 is 10.3. The van der Waals surface area contributed by atoms with Crippen molar-refractivity contribution in [3.63, 3.8) is 0 Å². The molecule has 23 heavy (non-hydrogen) atoms. The predicted octanol–water partition coefficient (Wildman–Crippen LogP) is 4.87. The summed E-state index contributed by atoms with van der Waals surface area (Å²) in [7, 11) is 0. The Labute approximate surface area is 151 Å². The third kappa shape index (κ3) is 3.51. The third-order valence-corrected chi connectivity index (χ3v) is 6.29. The van der Waals surface area contributed by atoms with Crippen molar-refractivity contribution in [2.75, 3.05) is 0 Å². The number of alkyl halides is 2. The first-order valence-electron chi connectivity index (χ1n) is 7.09. The number of esters is 1. The molecule has 2 unspecified atom stereocenters. The van der Waals surface area contributed by atoms with Crippen LogP contribution in [0.2, 0.25) is 0 Å². The zero-order chi connectivity index (χ0) is 16.3. The summed E-state index contributed by atoms with van der Waals surface area (Å²) >= 11 is 7.16. The zero-order valence-corrected chi connectivity index (χ0v) is 15.3. The fraction of sp³-hybridized carbons (Fsp3) is 0.167. The SMILES string of the molecule is O=C1C=C(OCc2ccccc2)C(Br)(C(Br)c2ccccc2)O1. The Hall–Kier alpha value is -1.59. The van der Waals surface area contributed by atoms with Crippen molar-refractivity contribution in [2.24, 2.45) is 0 Å². The Kier molecular flexibility index (Phi) is 4.87. The van der Waals surface area contributed by atoms with E-state index in [-0.39, 0.29) is 4.83 Å². The number of hydrogen-bond donors (Lipinski definition) is 0. The van der Waals surface area contributed by atoms with E-state index in [1.54, 1.807) is 0 Å². The number of cyclic esters (lactones) is 1. The number of carbonyl (C=O) groups excluding carboxylic acids is 1. The highest BCUT2D eigenvalue weighted by Crippen LogP contribution is 2.49. The van der Waals surface area contributed by atoms with Gasteiger partial charge < -0.3 is 9.47 Å². The summed E-state index contributed by atoms with van der Waals surface area (Å²) in [6.45, 7) is 0.366.